The number of methoxy groups -OCH3 is 1. The molecule has 0 saturated heterocycles. The Hall–Kier alpha value is -2.37. The Morgan fingerprint density at radius 1 is 1.32 bits per heavy atom. The quantitative estimate of drug-likeness (QED) is 0.763. The highest BCUT2D eigenvalue weighted by molar-refractivity contribution is 5.86. The lowest BCUT2D eigenvalue weighted by Gasteiger charge is -2.02. The summed E-state index contributed by atoms with van der Waals surface area (Å²) >= 11 is 0. The Bertz CT molecular complexity index is 549. The Balaban J connectivity index is 2.04. The van der Waals surface area contributed by atoms with Gasteiger partial charge < -0.3 is 9.47 Å². The first kappa shape index (κ1) is 13.1. The average Bonchev–Trinajstić information content (AvgIpc) is 2.88. The Labute approximate surface area is 110 Å². The number of carbonyl (C=O) groups is 1. The Morgan fingerprint density at radius 2 is 2.05 bits per heavy atom. The van der Waals surface area contributed by atoms with Crippen molar-refractivity contribution in [1.29, 1.82) is 0 Å². The molecule has 1 aromatic heterocycles. The number of aromatic nitrogens is 3. The molecule has 0 spiro atoms. The van der Waals surface area contributed by atoms with Crippen LogP contribution in [0, 0.1) is 0 Å². The Morgan fingerprint density at radius 3 is 2.68 bits per heavy atom. The zero-order valence-electron chi connectivity index (χ0n) is 10.9. The van der Waals surface area contributed by atoms with Crippen LogP contribution in [0.15, 0.2) is 30.5 Å². The molecule has 0 amide bonds. The third-order valence-corrected chi connectivity index (χ3v) is 2.53. The van der Waals surface area contributed by atoms with Gasteiger partial charge in [0.2, 0.25) is 0 Å². The van der Waals surface area contributed by atoms with Crippen molar-refractivity contribution in [1.82, 2.24) is 15.0 Å². The molecule has 0 unspecified atom stereocenters. The van der Waals surface area contributed by atoms with Gasteiger partial charge in [0.05, 0.1) is 26.5 Å². The van der Waals surface area contributed by atoms with Crippen LogP contribution >= 0.6 is 0 Å². The average molecular weight is 261 g/mol. The van der Waals surface area contributed by atoms with Gasteiger partial charge in [-0.1, -0.05) is 17.3 Å². The first-order valence-corrected chi connectivity index (χ1v) is 5.93. The number of esters is 1. The lowest BCUT2D eigenvalue weighted by atomic mass is 10.2. The van der Waals surface area contributed by atoms with Crippen LogP contribution in [0.3, 0.4) is 0 Å². The Kier molecular flexibility index (Phi) is 4.12. The number of hydrogen-bond donors (Lipinski definition) is 0. The predicted octanol–water partition coefficient (Wildman–Crippen LogP) is 1.51. The summed E-state index contributed by atoms with van der Waals surface area (Å²) in [5.74, 6) is 0.345. The monoisotopic (exact) mass is 261 g/mol. The molecule has 2 aromatic rings. The van der Waals surface area contributed by atoms with Gasteiger partial charge in [-0.3, -0.25) is 0 Å². The molecule has 0 atom stereocenters. The summed E-state index contributed by atoms with van der Waals surface area (Å²) in [6.07, 6.45) is 1.57. The molecule has 100 valence electrons. The molecule has 0 radical (unpaired) electrons. The summed E-state index contributed by atoms with van der Waals surface area (Å²) < 4.78 is 11.5. The molecular weight excluding hydrogens is 246 g/mol. The second kappa shape index (κ2) is 5.99. The fourth-order valence-corrected chi connectivity index (χ4v) is 1.59. The van der Waals surface area contributed by atoms with Crippen LogP contribution in [0.4, 0.5) is 0 Å². The summed E-state index contributed by atoms with van der Waals surface area (Å²) in [6.45, 7) is 2.61. The van der Waals surface area contributed by atoms with Gasteiger partial charge in [-0.05, 0) is 24.6 Å². The smallest absolute Gasteiger partial charge is 0.360 e. The summed E-state index contributed by atoms with van der Waals surface area (Å²) in [5.41, 5.74) is 1.26. The molecule has 0 bridgehead atoms. The van der Waals surface area contributed by atoms with E-state index in [1.165, 1.54) is 0 Å². The highest BCUT2D eigenvalue weighted by Gasteiger charge is 2.11. The minimum absolute atomic E-state index is 0.218. The molecule has 0 aliphatic heterocycles. The molecule has 0 fully saturated rings. The van der Waals surface area contributed by atoms with Crippen molar-refractivity contribution in [3.63, 3.8) is 0 Å². The van der Waals surface area contributed by atoms with Crippen LogP contribution in [-0.4, -0.2) is 34.7 Å². The predicted molar refractivity (Wildman–Crippen MR) is 68.1 cm³/mol. The van der Waals surface area contributed by atoms with E-state index < -0.39 is 5.97 Å². The van der Waals surface area contributed by atoms with Gasteiger partial charge in [0.25, 0.3) is 0 Å². The van der Waals surface area contributed by atoms with Crippen molar-refractivity contribution in [3.8, 4) is 5.75 Å². The minimum atomic E-state index is -0.455. The largest absolute Gasteiger partial charge is 0.497 e. The van der Waals surface area contributed by atoms with Gasteiger partial charge in [0.15, 0.2) is 5.69 Å². The zero-order valence-corrected chi connectivity index (χ0v) is 10.9. The van der Waals surface area contributed by atoms with Gasteiger partial charge in [0.1, 0.15) is 5.75 Å². The molecule has 0 saturated carbocycles. The number of rotatable bonds is 5. The number of carbonyl (C=O) groups excluding carboxylic acids is 1. The molecule has 1 aromatic carbocycles. The number of hydrogen-bond acceptors (Lipinski definition) is 5. The van der Waals surface area contributed by atoms with Gasteiger partial charge >= 0.3 is 5.97 Å². The third-order valence-electron chi connectivity index (χ3n) is 2.53. The summed E-state index contributed by atoms with van der Waals surface area (Å²) in [7, 11) is 1.62. The van der Waals surface area contributed by atoms with E-state index in [1.807, 2.05) is 24.3 Å². The lowest BCUT2D eigenvalue weighted by Crippen LogP contribution is -2.05. The SMILES string of the molecule is CCOC(=O)c1cn(Cc2ccc(OC)cc2)nn1. The lowest BCUT2D eigenvalue weighted by molar-refractivity contribution is 0.0519. The van der Waals surface area contributed by atoms with Crippen molar-refractivity contribution in [2.45, 2.75) is 13.5 Å². The van der Waals surface area contributed by atoms with Crippen molar-refractivity contribution in [2.75, 3.05) is 13.7 Å². The van der Waals surface area contributed by atoms with E-state index in [1.54, 1.807) is 24.9 Å². The maximum absolute atomic E-state index is 11.4. The van der Waals surface area contributed by atoms with Gasteiger partial charge in [-0.15, -0.1) is 5.10 Å². The number of nitrogens with zero attached hydrogens (tertiary/aromatic N) is 3. The standard InChI is InChI=1S/C13H15N3O3/c1-3-19-13(17)12-9-16(15-14-12)8-10-4-6-11(18-2)7-5-10/h4-7,9H,3,8H2,1-2H3. The third kappa shape index (κ3) is 3.31. The molecule has 0 aliphatic rings. The van der Waals surface area contributed by atoms with E-state index >= 15 is 0 Å². The fourth-order valence-electron chi connectivity index (χ4n) is 1.59. The molecule has 0 aliphatic carbocycles. The zero-order chi connectivity index (χ0) is 13.7. The van der Waals surface area contributed by atoms with E-state index in [4.69, 9.17) is 9.47 Å². The maximum Gasteiger partial charge on any atom is 0.360 e. The van der Waals surface area contributed by atoms with Crippen molar-refractivity contribution >= 4 is 5.97 Å². The van der Waals surface area contributed by atoms with Crippen molar-refractivity contribution < 1.29 is 14.3 Å². The van der Waals surface area contributed by atoms with E-state index in [9.17, 15) is 4.79 Å². The topological polar surface area (TPSA) is 66.2 Å². The number of ether oxygens (including phenoxy) is 2. The minimum Gasteiger partial charge on any atom is -0.497 e. The van der Waals surface area contributed by atoms with Crippen LogP contribution in [0.2, 0.25) is 0 Å². The summed E-state index contributed by atoms with van der Waals surface area (Å²) in [5, 5.41) is 7.67. The van der Waals surface area contributed by atoms with E-state index in [2.05, 4.69) is 10.3 Å². The van der Waals surface area contributed by atoms with E-state index in [0.717, 1.165) is 11.3 Å². The molecule has 6 heteroatoms. The van der Waals surface area contributed by atoms with Gasteiger partial charge in [0, 0.05) is 0 Å². The molecule has 6 nitrogen and oxygen atoms in total. The van der Waals surface area contributed by atoms with Crippen LogP contribution in [0.5, 0.6) is 5.75 Å². The van der Waals surface area contributed by atoms with Crippen molar-refractivity contribution in [2.24, 2.45) is 0 Å². The highest BCUT2D eigenvalue weighted by atomic mass is 16.5. The molecule has 0 N–H and O–H groups in total. The maximum atomic E-state index is 11.4. The summed E-state index contributed by atoms with van der Waals surface area (Å²) in [6, 6.07) is 7.62. The molecular formula is C13H15N3O3. The first-order chi connectivity index (χ1) is 9.22. The normalized spacial score (nSPS) is 10.2. The molecule has 1 heterocycles. The van der Waals surface area contributed by atoms with E-state index in [0.29, 0.717) is 13.2 Å². The summed E-state index contributed by atoms with van der Waals surface area (Å²) in [4.78, 5) is 11.4. The van der Waals surface area contributed by atoms with Crippen LogP contribution in [-0.2, 0) is 11.3 Å². The van der Waals surface area contributed by atoms with Crippen LogP contribution < -0.4 is 4.74 Å². The van der Waals surface area contributed by atoms with Gasteiger partial charge in [-0.25, -0.2) is 9.48 Å². The molecule has 2 rings (SSSR count). The van der Waals surface area contributed by atoms with E-state index in [-0.39, 0.29) is 5.69 Å². The van der Waals surface area contributed by atoms with Gasteiger partial charge in [-0.2, -0.15) is 0 Å². The second-order valence-corrected chi connectivity index (χ2v) is 3.87. The highest BCUT2D eigenvalue weighted by Crippen LogP contribution is 2.12. The van der Waals surface area contributed by atoms with Crippen LogP contribution in [0.25, 0.3) is 0 Å². The van der Waals surface area contributed by atoms with Crippen molar-refractivity contribution in [3.05, 3.63) is 41.7 Å². The van der Waals surface area contributed by atoms with Crippen LogP contribution in [0.1, 0.15) is 23.0 Å². The number of benzene rings is 1. The fraction of sp³-hybridized carbons (Fsp3) is 0.308. The second-order valence-electron chi connectivity index (χ2n) is 3.87. The first-order valence-electron chi connectivity index (χ1n) is 5.93. The molecule has 19 heavy (non-hydrogen) atoms.